The van der Waals surface area contributed by atoms with Crippen LogP contribution in [0.4, 0.5) is 13.2 Å². The first-order valence-electron chi connectivity index (χ1n) is 4.38. The van der Waals surface area contributed by atoms with Crippen molar-refractivity contribution >= 4 is 12.4 Å². The highest BCUT2D eigenvalue weighted by molar-refractivity contribution is 5.85. The zero-order valence-electron chi connectivity index (χ0n) is 7.10. The standard InChI is InChI=1S/C8H12F3N.ClH/c9-8(10,11)5-3-6-1-2-7(4-5)12-6;/h5-7,12H,1-4H2;1H/t6-,7-;/m0./s1. The Kier molecular flexibility index (Phi) is 3.12. The maximum atomic E-state index is 12.3. The van der Waals surface area contributed by atoms with E-state index in [1.165, 1.54) is 0 Å². The molecule has 2 fully saturated rings. The Morgan fingerprint density at radius 3 is 1.85 bits per heavy atom. The summed E-state index contributed by atoms with van der Waals surface area (Å²) in [5.74, 6) is -1.05. The fourth-order valence-electron chi connectivity index (χ4n) is 2.32. The van der Waals surface area contributed by atoms with Crippen LogP contribution in [-0.4, -0.2) is 18.3 Å². The molecule has 0 aromatic rings. The fraction of sp³-hybridized carbons (Fsp3) is 1.00. The van der Waals surface area contributed by atoms with Crippen LogP contribution < -0.4 is 5.32 Å². The molecular formula is C8H13ClF3N. The van der Waals surface area contributed by atoms with E-state index >= 15 is 0 Å². The van der Waals surface area contributed by atoms with Crippen molar-refractivity contribution in [2.45, 2.75) is 43.9 Å². The molecule has 0 aromatic carbocycles. The summed E-state index contributed by atoms with van der Waals surface area (Å²) in [7, 11) is 0. The van der Waals surface area contributed by atoms with Gasteiger partial charge < -0.3 is 5.32 Å². The Morgan fingerprint density at radius 2 is 1.46 bits per heavy atom. The Hall–Kier alpha value is 0.0400. The van der Waals surface area contributed by atoms with Crippen molar-refractivity contribution in [1.29, 1.82) is 0 Å². The Balaban J connectivity index is 0.000000845. The molecule has 2 rings (SSSR count). The van der Waals surface area contributed by atoms with Crippen LogP contribution in [0.3, 0.4) is 0 Å². The molecule has 2 atom stereocenters. The van der Waals surface area contributed by atoms with Crippen LogP contribution >= 0.6 is 12.4 Å². The molecule has 0 amide bonds. The van der Waals surface area contributed by atoms with Crippen molar-refractivity contribution in [3.63, 3.8) is 0 Å². The predicted octanol–water partition coefficient (Wildman–Crippen LogP) is 2.50. The smallest absolute Gasteiger partial charge is 0.311 e. The van der Waals surface area contributed by atoms with Gasteiger partial charge in [-0.2, -0.15) is 13.2 Å². The SMILES string of the molecule is Cl.FC(F)(F)C1C[C@@H]2CC[C@@H](C1)N2. The number of halogens is 4. The molecule has 0 aliphatic carbocycles. The van der Waals surface area contributed by atoms with Gasteiger partial charge in [-0.3, -0.25) is 0 Å². The van der Waals surface area contributed by atoms with Gasteiger partial charge in [-0.25, -0.2) is 0 Å². The normalized spacial score (nSPS) is 38.5. The topological polar surface area (TPSA) is 12.0 Å². The lowest BCUT2D eigenvalue weighted by Gasteiger charge is -2.30. The van der Waals surface area contributed by atoms with Crippen molar-refractivity contribution in [1.82, 2.24) is 5.32 Å². The van der Waals surface area contributed by atoms with E-state index in [-0.39, 0.29) is 24.5 Å². The Morgan fingerprint density at radius 1 is 1.00 bits per heavy atom. The third kappa shape index (κ3) is 2.29. The zero-order valence-corrected chi connectivity index (χ0v) is 7.92. The molecule has 2 saturated heterocycles. The summed E-state index contributed by atoms with van der Waals surface area (Å²) in [4.78, 5) is 0. The van der Waals surface area contributed by atoms with Gasteiger partial charge in [-0.15, -0.1) is 12.4 Å². The molecule has 2 aliphatic heterocycles. The molecule has 2 bridgehead atoms. The summed E-state index contributed by atoms with van der Waals surface area (Å²) >= 11 is 0. The molecule has 2 aliphatic rings. The summed E-state index contributed by atoms with van der Waals surface area (Å²) in [6.07, 6.45) is -1.53. The van der Waals surface area contributed by atoms with Crippen molar-refractivity contribution in [3.8, 4) is 0 Å². The first kappa shape index (κ1) is 11.1. The highest BCUT2D eigenvalue weighted by Gasteiger charge is 2.46. The molecule has 1 nitrogen and oxygen atoms in total. The minimum atomic E-state index is -3.97. The molecule has 0 radical (unpaired) electrons. The van der Waals surface area contributed by atoms with Gasteiger partial charge in [0.05, 0.1) is 5.92 Å². The maximum Gasteiger partial charge on any atom is 0.391 e. The van der Waals surface area contributed by atoms with E-state index in [0.29, 0.717) is 12.8 Å². The molecule has 5 heteroatoms. The highest BCUT2D eigenvalue weighted by atomic mass is 35.5. The van der Waals surface area contributed by atoms with Crippen LogP contribution in [0.15, 0.2) is 0 Å². The number of rotatable bonds is 0. The van der Waals surface area contributed by atoms with E-state index in [4.69, 9.17) is 0 Å². The third-order valence-electron chi connectivity index (χ3n) is 2.94. The second-order valence-corrected chi connectivity index (χ2v) is 3.85. The number of piperidine rings is 1. The van der Waals surface area contributed by atoms with E-state index in [2.05, 4.69) is 5.32 Å². The van der Waals surface area contributed by atoms with Gasteiger partial charge in [-0.1, -0.05) is 0 Å². The largest absolute Gasteiger partial charge is 0.391 e. The van der Waals surface area contributed by atoms with Gasteiger partial charge in [0.2, 0.25) is 0 Å². The van der Waals surface area contributed by atoms with Gasteiger partial charge in [0.15, 0.2) is 0 Å². The fourth-order valence-corrected chi connectivity index (χ4v) is 2.32. The van der Waals surface area contributed by atoms with Gasteiger partial charge in [0.1, 0.15) is 0 Å². The Bertz CT molecular complexity index is 171. The highest BCUT2D eigenvalue weighted by Crippen LogP contribution is 2.40. The number of fused-ring (bicyclic) bond motifs is 2. The minimum Gasteiger partial charge on any atom is -0.311 e. The summed E-state index contributed by atoms with van der Waals surface area (Å²) in [5, 5.41) is 3.19. The number of alkyl halides is 3. The molecule has 2 heterocycles. The molecular weight excluding hydrogens is 203 g/mol. The monoisotopic (exact) mass is 215 g/mol. The van der Waals surface area contributed by atoms with Crippen LogP contribution in [-0.2, 0) is 0 Å². The molecule has 78 valence electrons. The number of hydrogen-bond donors (Lipinski definition) is 1. The van der Waals surface area contributed by atoms with Gasteiger partial charge in [-0.05, 0) is 25.7 Å². The first-order chi connectivity index (χ1) is 5.55. The lowest BCUT2D eigenvalue weighted by molar-refractivity contribution is -0.183. The van der Waals surface area contributed by atoms with Crippen LogP contribution in [0, 0.1) is 5.92 Å². The molecule has 0 aromatic heterocycles. The average Bonchev–Trinajstić information content (AvgIpc) is 2.28. The third-order valence-corrected chi connectivity index (χ3v) is 2.94. The quantitative estimate of drug-likeness (QED) is 0.655. The molecule has 0 spiro atoms. The molecule has 0 unspecified atom stereocenters. The average molecular weight is 216 g/mol. The minimum absolute atomic E-state index is 0. The van der Waals surface area contributed by atoms with E-state index in [0.717, 1.165) is 12.8 Å². The summed E-state index contributed by atoms with van der Waals surface area (Å²) in [5.41, 5.74) is 0. The van der Waals surface area contributed by atoms with Crippen LogP contribution in [0.25, 0.3) is 0 Å². The van der Waals surface area contributed by atoms with Gasteiger partial charge >= 0.3 is 6.18 Å². The van der Waals surface area contributed by atoms with E-state index < -0.39 is 12.1 Å². The van der Waals surface area contributed by atoms with E-state index in [1.54, 1.807) is 0 Å². The van der Waals surface area contributed by atoms with Gasteiger partial charge in [0.25, 0.3) is 0 Å². The van der Waals surface area contributed by atoms with Crippen molar-refractivity contribution in [3.05, 3.63) is 0 Å². The molecule has 0 saturated carbocycles. The zero-order chi connectivity index (χ0) is 8.77. The lowest BCUT2D eigenvalue weighted by Crippen LogP contribution is -2.42. The summed E-state index contributed by atoms with van der Waals surface area (Å²) < 4.78 is 36.9. The predicted molar refractivity (Wildman–Crippen MR) is 46.0 cm³/mol. The van der Waals surface area contributed by atoms with Crippen LogP contribution in [0.5, 0.6) is 0 Å². The number of hydrogen-bond acceptors (Lipinski definition) is 1. The lowest BCUT2D eigenvalue weighted by atomic mass is 9.92. The summed E-state index contributed by atoms with van der Waals surface area (Å²) in [6.45, 7) is 0. The first-order valence-corrected chi connectivity index (χ1v) is 4.38. The number of nitrogens with one attached hydrogen (secondary N) is 1. The van der Waals surface area contributed by atoms with Crippen LogP contribution in [0.1, 0.15) is 25.7 Å². The summed E-state index contributed by atoms with van der Waals surface area (Å²) in [6, 6.07) is 0.269. The van der Waals surface area contributed by atoms with Crippen molar-refractivity contribution < 1.29 is 13.2 Å². The molecule has 13 heavy (non-hydrogen) atoms. The Labute approximate surface area is 81.5 Å². The van der Waals surface area contributed by atoms with Gasteiger partial charge in [0, 0.05) is 12.1 Å². The second-order valence-electron chi connectivity index (χ2n) is 3.85. The van der Waals surface area contributed by atoms with E-state index in [9.17, 15) is 13.2 Å². The second kappa shape index (κ2) is 3.65. The maximum absolute atomic E-state index is 12.3. The van der Waals surface area contributed by atoms with Crippen LogP contribution in [0.2, 0.25) is 0 Å². The van der Waals surface area contributed by atoms with Crippen molar-refractivity contribution in [2.75, 3.05) is 0 Å². The van der Waals surface area contributed by atoms with Crippen molar-refractivity contribution in [2.24, 2.45) is 5.92 Å². The van der Waals surface area contributed by atoms with E-state index in [1.807, 2.05) is 0 Å². The molecule has 1 N–H and O–H groups in total.